The van der Waals surface area contributed by atoms with Crippen molar-refractivity contribution in [1.29, 1.82) is 0 Å². The van der Waals surface area contributed by atoms with Gasteiger partial charge in [-0.2, -0.15) is 0 Å². The zero-order chi connectivity index (χ0) is 18.8. The Kier molecular flexibility index (Phi) is 5.48. The number of aromatic nitrogens is 2. The van der Waals surface area contributed by atoms with Gasteiger partial charge in [-0.1, -0.05) is 68.1 Å². The molecule has 0 fully saturated rings. The molecule has 1 atom stereocenters. The molecule has 1 unspecified atom stereocenters. The highest BCUT2D eigenvalue weighted by Crippen LogP contribution is 2.39. The van der Waals surface area contributed by atoms with Crippen LogP contribution in [0.1, 0.15) is 29.9 Å². The van der Waals surface area contributed by atoms with Crippen molar-refractivity contribution in [2.24, 2.45) is 5.92 Å². The van der Waals surface area contributed by atoms with E-state index < -0.39 is 0 Å². The molecule has 140 valence electrons. The van der Waals surface area contributed by atoms with Gasteiger partial charge in [0.15, 0.2) is 5.16 Å². The van der Waals surface area contributed by atoms with Crippen LogP contribution in [0.15, 0.2) is 41.6 Å². The highest BCUT2D eigenvalue weighted by molar-refractivity contribution is 7.99. The third-order valence-electron chi connectivity index (χ3n) is 4.74. The molecule has 4 nitrogen and oxygen atoms in total. The largest absolute Gasteiger partial charge is 0.383 e. The first-order chi connectivity index (χ1) is 13.1. The first-order valence-electron chi connectivity index (χ1n) is 9.15. The molecule has 1 aliphatic rings. The number of hydrogen-bond donors (Lipinski definition) is 1. The minimum absolute atomic E-state index is 0.242. The molecule has 0 bridgehead atoms. The normalized spacial score (nSPS) is 17.1. The quantitative estimate of drug-likeness (QED) is 0.475. The summed E-state index contributed by atoms with van der Waals surface area (Å²) in [5.74, 6) is 1.89. The number of thiophene rings is 1. The third kappa shape index (κ3) is 4.03. The van der Waals surface area contributed by atoms with Crippen molar-refractivity contribution in [3.8, 4) is 0 Å². The van der Waals surface area contributed by atoms with Gasteiger partial charge in [0.1, 0.15) is 10.6 Å². The molecule has 1 aromatic carbocycles. The number of hydrogen-bond acceptors (Lipinski definition) is 6. The Labute approximate surface area is 167 Å². The van der Waals surface area contributed by atoms with Gasteiger partial charge in [0.2, 0.25) is 0 Å². The molecular weight excluding hydrogens is 374 g/mol. The molecule has 0 saturated heterocycles. The van der Waals surface area contributed by atoms with E-state index in [9.17, 15) is 0 Å². The average Bonchev–Trinajstić information content (AvgIpc) is 3.04. The van der Waals surface area contributed by atoms with E-state index >= 15 is 0 Å². The van der Waals surface area contributed by atoms with E-state index in [1.54, 1.807) is 23.1 Å². The summed E-state index contributed by atoms with van der Waals surface area (Å²) in [6.07, 6.45) is 5.38. The van der Waals surface area contributed by atoms with E-state index in [-0.39, 0.29) is 6.10 Å². The van der Waals surface area contributed by atoms with E-state index in [0.29, 0.717) is 18.3 Å². The summed E-state index contributed by atoms with van der Waals surface area (Å²) in [7, 11) is 0. The van der Waals surface area contributed by atoms with Crippen molar-refractivity contribution < 1.29 is 4.74 Å². The van der Waals surface area contributed by atoms with Crippen LogP contribution < -0.4 is 5.73 Å². The van der Waals surface area contributed by atoms with Gasteiger partial charge in [0.25, 0.3) is 0 Å². The topological polar surface area (TPSA) is 61.0 Å². The van der Waals surface area contributed by atoms with Gasteiger partial charge in [-0.3, -0.25) is 0 Å². The maximum absolute atomic E-state index is 6.33. The van der Waals surface area contributed by atoms with Crippen molar-refractivity contribution >= 4 is 45.2 Å². The maximum atomic E-state index is 6.33. The number of ether oxygens (including phenoxy) is 1. The Balaban J connectivity index is 1.52. The molecular formula is C21H23N3OS2. The molecule has 3 heterocycles. The summed E-state index contributed by atoms with van der Waals surface area (Å²) < 4.78 is 5.99. The summed E-state index contributed by atoms with van der Waals surface area (Å²) in [5, 5.41) is 1.77. The lowest BCUT2D eigenvalue weighted by atomic mass is 9.96. The third-order valence-corrected chi connectivity index (χ3v) is 6.64. The summed E-state index contributed by atoms with van der Waals surface area (Å²) in [4.78, 5) is 11.5. The second-order valence-corrected chi connectivity index (χ2v) is 9.07. The number of benzene rings is 1. The number of nitrogens with two attached hydrogens (primary N) is 1. The summed E-state index contributed by atoms with van der Waals surface area (Å²) >= 11 is 3.30. The number of nitrogens with zero attached hydrogens (tertiary/aromatic N) is 2. The standard InChI is InChI=1S/C21H23N3OS2/c1-13(2)16-11-15-17(12-25-16)27-20-18(15)19(22)23-21(24-20)26-10-6-9-14-7-4-3-5-8-14/h3-9,13,16H,10-12H2,1-2H3,(H2,22,23,24). The summed E-state index contributed by atoms with van der Waals surface area (Å²) in [5.41, 5.74) is 8.81. The molecule has 0 aliphatic carbocycles. The van der Waals surface area contributed by atoms with Crippen LogP contribution in [0.4, 0.5) is 5.82 Å². The van der Waals surface area contributed by atoms with Crippen LogP contribution >= 0.6 is 23.1 Å². The van der Waals surface area contributed by atoms with E-state index in [2.05, 4.69) is 43.1 Å². The molecule has 6 heteroatoms. The SMILES string of the molecule is CC(C)C1Cc2c(sc3nc(SCC=Cc4ccccc4)nc(N)c23)CO1. The minimum atomic E-state index is 0.242. The van der Waals surface area contributed by atoms with Crippen LogP contribution in [-0.4, -0.2) is 21.8 Å². The van der Waals surface area contributed by atoms with Crippen LogP contribution in [0.3, 0.4) is 0 Å². The predicted molar refractivity (Wildman–Crippen MR) is 115 cm³/mol. The smallest absolute Gasteiger partial charge is 0.191 e. The fraction of sp³-hybridized carbons (Fsp3) is 0.333. The Hall–Kier alpha value is -1.89. The van der Waals surface area contributed by atoms with Gasteiger partial charge >= 0.3 is 0 Å². The fourth-order valence-electron chi connectivity index (χ4n) is 3.25. The van der Waals surface area contributed by atoms with Crippen LogP contribution in [0, 0.1) is 5.92 Å². The van der Waals surface area contributed by atoms with Gasteiger partial charge in [-0.15, -0.1) is 11.3 Å². The van der Waals surface area contributed by atoms with Gasteiger partial charge in [0.05, 0.1) is 18.1 Å². The van der Waals surface area contributed by atoms with Crippen molar-refractivity contribution in [2.45, 2.75) is 38.1 Å². The Morgan fingerprint density at radius 3 is 2.89 bits per heavy atom. The Morgan fingerprint density at radius 1 is 1.30 bits per heavy atom. The van der Waals surface area contributed by atoms with E-state index in [0.717, 1.165) is 27.5 Å². The maximum Gasteiger partial charge on any atom is 0.191 e. The molecule has 0 spiro atoms. The zero-order valence-corrected chi connectivity index (χ0v) is 17.1. The molecule has 2 aromatic heterocycles. The molecule has 0 amide bonds. The second-order valence-electron chi connectivity index (χ2n) is 7.00. The van der Waals surface area contributed by atoms with E-state index in [4.69, 9.17) is 15.5 Å². The minimum Gasteiger partial charge on any atom is -0.383 e. The van der Waals surface area contributed by atoms with Gasteiger partial charge in [-0.05, 0) is 17.0 Å². The summed E-state index contributed by atoms with van der Waals surface area (Å²) in [6, 6.07) is 10.3. The molecule has 0 radical (unpaired) electrons. The van der Waals surface area contributed by atoms with Crippen LogP contribution in [0.25, 0.3) is 16.3 Å². The van der Waals surface area contributed by atoms with Crippen LogP contribution in [-0.2, 0) is 17.8 Å². The highest BCUT2D eigenvalue weighted by Gasteiger charge is 2.27. The Morgan fingerprint density at radius 2 is 2.11 bits per heavy atom. The molecule has 27 heavy (non-hydrogen) atoms. The summed E-state index contributed by atoms with van der Waals surface area (Å²) in [6.45, 7) is 5.05. The van der Waals surface area contributed by atoms with Crippen LogP contribution in [0.5, 0.6) is 0 Å². The van der Waals surface area contributed by atoms with Crippen molar-refractivity contribution in [2.75, 3.05) is 11.5 Å². The van der Waals surface area contributed by atoms with Crippen LogP contribution in [0.2, 0.25) is 0 Å². The monoisotopic (exact) mass is 397 g/mol. The van der Waals surface area contributed by atoms with E-state index in [1.807, 2.05) is 18.2 Å². The van der Waals surface area contributed by atoms with Gasteiger partial charge in [0, 0.05) is 17.1 Å². The number of rotatable bonds is 5. The number of nitrogen functional groups attached to an aromatic ring is 1. The molecule has 0 saturated carbocycles. The number of fused-ring (bicyclic) bond motifs is 3. The molecule has 2 N–H and O–H groups in total. The lowest BCUT2D eigenvalue weighted by Crippen LogP contribution is -2.26. The van der Waals surface area contributed by atoms with Crippen molar-refractivity contribution in [3.05, 3.63) is 52.4 Å². The molecule has 4 rings (SSSR count). The van der Waals surface area contributed by atoms with Gasteiger partial charge < -0.3 is 10.5 Å². The highest BCUT2D eigenvalue weighted by atomic mass is 32.2. The van der Waals surface area contributed by atoms with Crippen molar-refractivity contribution in [1.82, 2.24) is 9.97 Å². The van der Waals surface area contributed by atoms with E-state index in [1.165, 1.54) is 16.0 Å². The second kappa shape index (κ2) is 8.00. The average molecular weight is 398 g/mol. The number of anilines is 1. The first kappa shape index (κ1) is 18.5. The lowest BCUT2D eigenvalue weighted by molar-refractivity contribution is 0.00203. The van der Waals surface area contributed by atoms with Gasteiger partial charge in [-0.25, -0.2) is 9.97 Å². The molecule has 1 aliphatic heterocycles. The lowest BCUT2D eigenvalue weighted by Gasteiger charge is -2.26. The van der Waals surface area contributed by atoms with Crippen molar-refractivity contribution in [3.63, 3.8) is 0 Å². The molecule has 3 aromatic rings. The first-order valence-corrected chi connectivity index (χ1v) is 11.0. The zero-order valence-electron chi connectivity index (χ0n) is 15.5. The Bertz CT molecular complexity index is 966. The number of thioether (sulfide) groups is 1. The predicted octanol–water partition coefficient (Wildman–Crippen LogP) is 5.18. The fourth-order valence-corrected chi connectivity index (χ4v) is 5.10.